The highest BCUT2D eigenvalue weighted by atomic mass is 32.2. The van der Waals surface area contributed by atoms with E-state index in [-0.39, 0.29) is 31.1 Å². The molecular formula is C14H21NO5S. The molecule has 0 saturated carbocycles. The zero-order chi connectivity index (χ0) is 15.7. The van der Waals surface area contributed by atoms with Gasteiger partial charge in [0.2, 0.25) is 0 Å². The molecule has 0 spiro atoms. The van der Waals surface area contributed by atoms with Crippen molar-refractivity contribution in [1.29, 1.82) is 0 Å². The number of carbonyl (C=O) groups is 1. The third-order valence-corrected chi connectivity index (χ3v) is 4.42. The van der Waals surface area contributed by atoms with Gasteiger partial charge in [0.1, 0.15) is 12.4 Å². The lowest BCUT2D eigenvalue weighted by molar-refractivity contribution is -0.143. The molecule has 0 aliphatic heterocycles. The SMILES string of the molecule is CCCS(=O)(=O)CCOC(=O)CCOc1cccc(N)c1. The van der Waals surface area contributed by atoms with Crippen LogP contribution in [0.2, 0.25) is 0 Å². The number of ether oxygens (including phenoxy) is 2. The molecule has 0 amide bonds. The summed E-state index contributed by atoms with van der Waals surface area (Å²) in [6, 6.07) is 6.88. The lowest BCUT2D eigenvalue weighted by atomic mass is 10.3. The number of rotatable bonds is 9. The second-order valence-corrected chi connectivity index (χ2v) is 6.85. The van der Waals surface area contributed by atoms with Gasteiger partial charge in [-0.05, 0) is 18.6 Å². The Morgan fingerprint density at radius 1 is 1.24 bits per heavy atom. The summed E-state index contributed by atoms with van der Waals surface area (Å²) in [5.74, 6) is 0.0742. The fourth-order valence-electron chi connectivity index (χ4n) is 1.62. The standard InChI is InChI=1S/C14H21NO5S/c1-2-9-21(17,18)10-8-20-14(16)6-7-19-13-5-3-4-12(15)11-13/h3-5,11H,2,6-10,15H2,1H3. The van der Waals surface area contributed by atoms with E-state index < -0.39 is 15.8 Å². The lowest BCUT2D eigenvalue weighted by Gasteiger charge is -2.07. The van der Waals surface area contributed by atoms with Crippen LogP contribution >= 0.6 is 0 Å². The maximum atomic E-state index is 11.4. The van der Waals surface area contributed by atoms with E-state index in [1.807, 2.05) is 0 Å². The molecule has 0 aliphatic carbocycles. The molecule has 2 N–H and O–H groups in total. The van der Waals surface area contributed by atoms with Crippen LogP contribution in [0.3, 0.4) is 0 Å². The van der Waals surface area contributed by atoms with Crippen LogP contribution < -0.4 is 10.5 Å². The number of sulfone groups is 1. The van der Waals surface area contributed by atoms with Crippen molar-refractivity contribution in [1.82, 2.24) is 0 Å². The van der Waals surface area contributed by atoms with Gasteiger partial charge >= 0.3 is 5.97 Å². The van der Waals surface area contributed by atoms with E-state index in [0.717, 1.165) is 0 Å². The van der Waals surface area contributed by atoms with Crippen LogP contribution in [0.25, 0.3) is 0 Å². The van der Waals surface area contributed by atoms with Crippen LogP contribution in [0.15, 0.2) is 24.3 Å². The number of anilines is 1. The Balaban J connectivity index is 2.20. The van der Waals surface area contributed by atoms with Gasteiger partial charge in [0.25, 0.3) is 0 Å². The first-order valence-corrected chi connectivity index (χ1v) is 8.59. The summed E-state index contributed by atoms with van der Waals surface area (Å²) in [6.45, 7) is 1.83. The molecule has 0 atom stereocenters. The van der Waals surface area contributed by atoms with Crippen molar-refractivity contribution in [3.8, 4) is 5.75 Å². The minimum absolute atomic E-state index is 0.0582. The van der Waals surface area contributed by atoms with E-state index in [1.165, 1.54) is 0 Å². The van der Waals surface area contributed by atoms with Gasteiger partial charge in [-0.3, -0.25) is 4.79 Å². The third-order valence-electron chi connectivity index (χ3n) is 2.61. The highest BCUT2D eigenvalue weighted by molar-refractivity contribution is 7.91. The molecule has 1 aromatic carbocycles. The molecule has 0 aromatic heterocycles. The van der Waals surface area contributed by atoms with Gasteiger partial charge < -0.3 is 15.2 Å². The van der Waals surface area contributed by atoms with Crippen LogP contribution in [0, 0.1) is 0 Å². The Morgan fingerprint density at radius 2 is 2.00 bits per heavy atom. The van der Waals surface area contributed by atoms with Crippen molar-refractivity contribution >= 4 is 21.5 Å². The van der Waals surface area contributed by atoms with Gasteiger partial charge in [-0.15, -0.1) is 0 Å². The van der Waals surface area contributed by atoms with E-state index in [9.17, 15) is 13.2 Å². The first kappa shape index (κ1) is 17.3. The summed E-state index contributed by atoms with van der Waals surface area (Å²) in [4.78, 5) is 11.4. The molecule has 0 unspecified atom stereocenters. The largest absolute Gasteiger partial charge is 0.493 e. The number of carbonyl (C=O) groups excluding carboxylic acids is 1. The molecule has 7 heteroatoms. The molecular weight excluding hydrogens is 294 g/mol. The average Bonchev–Trinajstić information content (AvgIpc) is 2.38. The van der Waals surface area contributed by atoms with Crippen LogP contribution in [0.5, 0.6) is 5.75 Å². The summed E-state index contributed by atoms with van der Waals surface area (Å²) in [5, 5.41) is 0. The van der Waals surface area contributed by atoms with Crippen molar-refractivity contribution in [2.45, 2.75) is 19.8 Å². The minimum Gasteiger partial charge on any atom is -0.493 e. The number of hydrogen-bond donors (Lipinski definition) is 1. The first-order chi connectivity index (χ1) is 9.93. The Morgan fingerprint density at radius 3 is 2.67 bits per heavy atom. The second-order valence-electron chi connectivity index (χ2n) is 4.54. The third kappa shape index (κ3) is 7.55. The summed E-state index contributed by atoms with van der Waals surface area (Å²) in [7, 11) is -3.12. The molecule has 1 rings (SSSR count). The van der Waals surface area contributed by atoms with Crippen LogP contribution in [0.1, 0.15) is 19.8 Å². The quantitative estimate of drug-likeness (QED) is 0.547. The zero-order valence-electron chi connectivity index (χ0n) is 12.1. The zero-order valence-corrected chi connectivity index (χ0v) is 12.9. The number of hydrogen-bond acceptors (Lipinski definition) is 6. The van der Waals surface area contributed by atoms with Crippen molar-refractivity contribution in [2.24, 2.45) is 0 Å². The Bertz CT molecular complexity index is 556. The fourth-order valence-corrected chi connectivity index (χ4v) is 2.79. The van der Waals surface area contributed by atoms with Crippen LogP contribution in [-0.2, 0) is 19.4 Å². The highest BCUT2D eigenvalue weighted by Gasteiger charge is 2.11. The highest BCUT2D eigenvalue weighted by Crippen LogP contribution is 2.14. The summed E-state index contributed by atoms with van der Waals surface area (Å²) in [6.07, 6.45) is 0.618. The molecule has 118 valence electrons. The van der Waals surface area contributed by atoms with Crippen molar-refractivity contribution in [2.75, 3.05) is 30.5 Å². The average molecular weight is 315 g/mol. The van der Waals surface area contributed by atoms with E-state index >= 15 is 0 Å². The number of nitrogen functional groups attached to an aromatic ring is 1. The normalized spacial score (nSPS) is 11.1. The maximum Gasteiger partial charge on any atom is 0.309 e. The molecule has 0 radical (unpaired) electrons. The Hall–Kier alpha value is -1.76. The molecule has 0 bridgehead atoms. The van der Waals surface area contributed by atoms with Crippen LogP contribution in [0.4, 0.5) is 5.69 Å². The fraction of sp³-hybridized carbons (Fsp3) is 0.500. The Kier molecular flexibility index (Phi) is 7.01. The monoisotopic (exact) mass is 315 g/mol. The molecule has 0 saturated heterocycles. The predicted octanol–water partition coefficient (Wildman–Crippen LogP) is 1.41. The van der Waals surface area contributed by atoms with E-state index in [4.69, 9.17) is 15.2 Å². The number of esters is 1. The number of nitrogens with two attached hydrogens (primary N) is 1. The molecule has 1 aromatic rings. The molecule has 0 fully saturated rings. The second kappa shape index (κ2) is 8.51. The smallest absolute Gasteiger partial charge is 0.309 e. The minimum atomic E-state index is -3.12. The Labute approximate surface area is 125 Å². The van der Waals surface area contributed by atoms with Gasteiger partial charge in [-0.25, -0.2) is 8.42 Å². The van der Waals surface area contributed by atoms with Crippen molar-refractivity contribution in [3.63, 3.8) is 0 Å². The lowest BCUT2D eigenvalue weighted by Crippen LogP contribution is -2.18. The molecule has 21 heavy (non-hydrogen) atoms. The predicted molar refractivity (Wildman–Crippen MR) is 80.9 cm³/mol. The van der Waals surface area contributed by atoms with Gasteiger partial charge in [0.05, 0.1) is 24.5 Å². The van der Waals surface area contributed by atoms with E-state index in [0.29, 0.717) is 17.9 Å². The topological polar surface area (TPSA) is 95.7 Å². The van der Waals surface area contributed by atoms with Crippen molar-refractivity contribution < 1.29 is 22.7 Å². The van der Waals surface area contributed by atoms with Gasteiger partial charge in [-0.2, -0.15) is 0 Å². The molecule has 0 heterocycles. The molecule has 6 nitrogen and oxygen atoms in total. The van der Waals surface area contributed by atoms with E-state index in [2.05, 4.69) is 0 Å². The van der Waals surface area contributed by atoms with Gasteiger partial charge in [-0.1, -0.05) is 13.0 Å². The number of benzene rings is 1. The van der Waals surface area contributed by atoms with Gasteiger partial charge in [0, 0.05) is 11.8 Å². The van der Waals surface area contributed by atoms with Crippen molar-refractivity contribution in [3.05, 3.63) is 24.3 Å². The molecule has 0 aliphatic rings. The van der Waals surface area contributed by atoms with Gasteiger partial charge in [0.15, 0.2) is 9.84 Å². The van der Waals surface area contributed by atoms with E-state index in [1.54, 1.807) is 31.2 Å². The first-order valence-electron chi connectivity index (χ1n) is 6.77. The summed E-state index contributed by atoms with van der Waals surface area (Å²) >= 11 is 0. The summed E-state index contributed by atoms with van der Waals surface area (Å²) < 4.78 is 33.0. The maximum absolute atomic E-state index is 11.4. The summed E-state index contributed by atoms with van der Waals surface area (Å²) in [5.41, 5.74) is 6.17. The van der Waals surface area contributed by atoms with Crippen LogP contribution in [-0.4, -0.2) is 39.1 Å².